The highest BCUT2D eigenvalue weighted by atomic mass is 35.5. The van der Waals surface area contributed by atoms with Gasteiger partial charge in [0.15, 0.2) is 0 Å². The van der Waals surface area contributed by atoms with Gasteiger partial charge in [-0.05, 0) is 86.8 Å². The Labute approximate surface area is 207 Å². The zero-order valence-corrected chi connectivity index (χ0v) is 20.9. The maximum absolute atomic E-state index is 13.9. The van der Waals surface area contributed by atoms with Crippen molar-refractivity contribution in [1.82, 2.24) is 9.88 Å². The van der Waals surface area contributed by atoms with Crippen LogP contribution in [0.1, 0.15) is 40.7 Å². The van der Waals surface area contributed by atoms with Crippen LogP contribution in [0.3, 0.4) is 0 Å². The predicted octanol–water partition coefficient (Wildman–Crippen LogP) is 6.79. The van der Waals surface area contributed by atoms with Crippen LogP contribution in [0.25, 0.3) is 11.1 Å². The smallest absolute Gasteiger partial charge is 0.275 e. The molecule has 4 nitrogen and oxygen atoms in total. The predicted molar refractivity (Wildman–Crippen MR) is 138 cm³/mol. The second kappa shape index (κ2) is 11.5. The highest BCUT2D eigenvalue weighted by molar-refractivity contribution is 7.98. The lowest BCUT2D eigenvalue weighted by Gasteiger charge is -2.30. The number of nitrogens with one attached hydrogen (secondary N) is 1. The van der Waals surface area contributed by atoms with Gasteiger partial charge >= 0.3 is 0 Å². The average Bonchev–Trinajstić information content (AvgIpc) is 3.32. The van der Waals surface area contributed by atoms with E-state index in [9.17, 15) is 9.18 Å². The molecule has 0 atom stereocenters. The van der Waals surface area contributed by atoms with Crippen LogP contribution >= 0.6 is 34.7 Å². The van der Waals surface area contributed by atoms with Crippen molar-refractivity contribution in [1.29, 1.82) is 0 Å². The molecular weight excluding hydrogens is 477 g/mol. The van der Waals surface area contributed by atoms with Gasteiger partial charge in [-0.25, -0.2) is 9.37 Å². The second-order valence-electron chi connectivity index (χ2n) is 8.18. The van der Waals surface area contributed by atoms with Crippen molar-refractivity contribution in [3.8, 4) is 11.1 Å². The highest BCUT2D eigenvalue weighted by Gasteiger charge is 2.24. The minimum absolute atomic E-state index is 0.283. The summed E-state index contributed by atoms with van der Waals surface area (Å²) in [4.78, 5) is 20.1. The van der Waals surface area contributed by atoms with Gasteiger partial charge in [-0.15, -0.1) is 11.3 Å². The van der Waals surface area contributed by atoms with Crippen molar-refractivity contribution in [3.63, 3.8) is 0 Å². The summed E-state index contributed by atoms with van der Waals surface area (Å²) >= 11 is 9.43. The van der Waals surface area contributed by atoms with Crippen molar-refractivity contribution >= 4 is 46.3 Å². The minimum Gasteiger partial charge on any atom is -0.320 e. The first-order valence-corrected chi connectivity index (χ1v) is 13.7. The molecule has 4 rings (SSSR count). The number of likely N-dealkylation sites (tertiary alicyclic amines) is 1. The Balaban J connectivity index is 1.41. The van der Waals surface area contributed by atoms with Crippen molar-refractivity contribution < 1.29 is 9.18 Å². The van der Waals surface area contributed by atoms with Crippen molar-refractivity contribution in [3.05, 3.63) is 69.4 Å². The molecule has 1 amide bonds. The van der Waals surface area contributed by atoms with Gasteiger partial charge in [0, 0.05) is 27.6 Å². The Morgan fingerprint density at radius 1 is 1.24 bits per heavy atom. The van der Waals surface area contributed by atoms with E-state index in [1.165, 1.54) is 24.3 Å². The molecule has 0 spiro atoms. The van der Waals surface area contributed by atoms with Crippen molar-refractivity contribution in [2.45, 2.75) is 25.2 Å². The number of aromatic nitrogens is 1. The number of rotatable bonds is 8. The fourth-order valence-electron chi connectivity index (χ4n) is 4.10. The zero-order valence-electron chi connectivity index (χ0n) is 18.5. The average molecular weight is 504 g/mol. The normalized spacial score (nSPS) is 15.0. The first-order valence-electron chi connectivity index (χ1n) is 11.1. The number of thioether (sulfide) groups is 1. The molecule has 1 N–H and O–H groups in total. The Kier molecular flexibility index (Phi) is 8.41. The number of amides is 1. The van der Waals surface area contributed by atoms with Gasteiger partial charge in [0.05, 0.1) is 5.01 Å². The summed E-state index contributed by atoms with van der Waals surface area (Å²) < 4.78 is 13.9. The SMILES string of the molecule is CSCCCN1CCC(c2nc(C(=O)Nc3ccc(F)cc3-c3ccc(Cl)cc3)cs2)CC1. The van der Waals surface area contributed by atoms with E-state index in [0.717, 1.165) is 43.0 Å². The quantitative estimate of drug-likeness (QED) is 0.344. The molecule has 1 fully saturated rings. The molecule has 8 heteroatoms. The van der Waals surface area contributed by atoms with Crippen LogP contribution < -0.4 is 5.32 Å². The number of hydrogen-bond acceptors (Lipinski definition) is 5. The van der Waals surface area contributed by atoms with Gasteiger partial charge < -0.3 is 10.2 Å². The molecule has 0 unspecified atom stereocenters. The van der Waals surface area contributed by atoms with Crippen LogP contribution in [0.2, 0.25) is 5.02 Å². The first kappa shape index (κ1) is 24.2. The van der Waals surface area contributed by atoms with E-state index < -0.39 is 0 Å². The molecule has 0 bridgehead atoms. The topological polar surface area (TPSA) is 45.2 Å². The van der Waals surface area contributed by atoms with Crippen molar-refractivity contribution in [2.24, 2.45) is 0 Å². The summed E-state index contributed by atoms with van der Waals surface area (Å²) in [6.07, 6.45) is 5.53. The van der Waals surface area contributed by atoms with Gasteiger partial charge in [-0.1, -0.05) is 23.7 Å². The number of piperidine rings is 1. The van der Waals surface area contributed by atoms with Gasteiger partial charge in [0.1, 0.15) is 11.5 Å². The molecule has 1 aliphatic rings. The molecule has 33 heavy (non-hydrogen) atoms. The van der Waals surface area contributed by atoms with Gasteiger partial charge in [-0.2, -0.15) is 11.8 Å². The fourth-order valence-corrected chi connectivity index (χ4v) is 5.61. The summed E-state index contributed by atoms with van der Waals surface area (Å²) in [5.74, 6) is 0.963. The molecular formula is C25H27ClFN3OS2. The summed E-state index contributed by atoms with van der Waals surface area (Å²) in [5.41, 5.74) is 2.32. The highest BCUT2D eigenvalue weighted by Crippen LogP contribution is 2.32. The number of anilines is 1. The van der Waals surface area contributed by atoms with Gasteiger partial charge in [-0.3, -0.25) is 4.79 Å². The Hall–Kier alpha value is -1.93. The van der Waals surface area contributed by atoms with E-state index in [0.29, 0.717) is 27.9 Å². The van der Waals surface area contributed by atoms with E-state index >= 15 is 0 Å². The van der Waals surface area contributed by atoms with E-state index in [2.05, 4.69) is 21.5 Å². The Morgan fingerprint density at radius 3 is 2.73 bits per heavy atom. The molecule has 0 radical (unpaired) electrons. The van der Waals surface area contributed by atoms with Gasteiger partial charge in [0.25, 0.3) is 5.91 Å². The van der Waals surface area contributed by atoms with E-state index in [1.807, 2.05) is 17.1 Å². The van der Waals surface area contributed by atoms with E-state index in [1.54, 1.807) is 41.7 Å². The lowest BCUT2D eigenvalue weighted by Crippen LogP contribution is -2.33. The van der Waals surface area contributed by atoms with Crippen LogP contribution in [0, 0.1) is 5.82 Å². The van der Waals surface area contributed by atoms with Crippen LogP contribution in [0.5, 0.6) is 0 Å². The first-order chi connectivity index (χ1) is 16.0. The molecule has 0 saturated carbocycles. The van der Waals surface area contributed by atoms with Crippen LogP contribution in [-0.2, 0) is 0 Å². The van der Waals surface area contributed by atoms with Gasteiger partial charge in [0.2, 0.25) is 0 Å². The monoisotopic (exact) mass is 503 g/mol. The molecule has 1 saturated heterocycles. The third-order valence-electron chi connectivity index (χ3n) is 5.90. The summed E-state index contributed by atoms with van der Waals surface area (Å²) in [6, 6.07) is 11.4. The number of nitrogens with zero attached hydrogens (tertiary/aromatic N) is 2. The van der Waals surface area contributed by atoms with Crippen LogP contribution in [-0.4, -0.2) is 47.4 Å². The van der Waals surface area contributed by atoms with E-state index in [4.69, 9.17) is 11.6 Å². The number of benzene rings is 2. The minimum atomic E-state index is -0.367. The summed E-state index contributed by atoms with van der Waals surface area (Å²) in [6.45, 7) is 3.33. The third-order valence-corrected chi connectivity index (χ3v) is 7.86. The zero-order chi connectivity index (χ0) is 23.2. The number of carbonyl (C=O) groups is 1. The van der Waals surface area contributed by atoms with Crippen molar-refractivity contribution in [2.75, 3.05) is 37.0 Å². The number of carbonyl (C=O) groups excluding carboxylic acids is 1. The number of halogens is 2. The third kappa shape index (κ3) is 6.35. The largest absolute Gasteiger partial charge is 0.320 e. The molecule has 2 aromatic carbocycles. The maximum Gasteiger partial charge on any atom is 0.275 e. The van der Waals surface area contributed by atoms with Crippen LogP contribution in [0.15, 0.2) is 47.8 Å². The summed E-state index contributed by atoms with van der Waals surface area (Å²) in [5, 5.41) is 6.36. The molecule has 1 aromatic heterocycles. The number of thiazole rings is 1. The molecule has 1 aliphatic heterocycles. The van der Waals surface area contributed by atoms with E-state index in [-0.39, 0.29) is 11.7 Å². The molecule has 0 aliphatic carbocycles. The number of hydrogen-bond donors (Lipinski definition) is 1. The maximum atomic E-state index is 13.9. The van der Waals surface area contributed by atoms with Crippen LogP contribution in [0.4, 0.5) is 10.1 Å². The summed E-state index contributed by atoms with van der Waals surface area (Å²) in [7, 11) is 0. The molecule has 3 aromatic rings. The molecule has 174 valence electrons. The standard InChI is InChI=1S/C25H27ClFN3OS2/c1-32-14-2-11-30-12-9-18(10-13-30)25-29-23(16-33-25)24(31)28-22-8-7-20(27)15-21(22)17-3-5-19(26)6-4-17/h3-8,15-16,18H,2,9-14H2,1H3,(H,28,31). The Morgan fingerprint density at radius 2 is 2.00 bits per heavy atom. The Bertz CT molecular complexity index is 1080. The second-order valence-corrected chi connectivity index (χ2v) is 10.5. The molecule has 2 heterocycles. The lowest BCUT2D eigenvalue weighted by molar-refractivity contribution is 0.102. The fraction of sp³-hybridized carbons (Fsp3) is 0.360. The lowest BCUT2D eigenvalue weighted by atomic mass is 9.97.